The lowest BCUT2D eigenvalue weighted by atomic mass is 10.0. The van der Waals surface area contributed by atoms with Crippen molar-refractivity contribution < 1.29 is 22.7 Å². The van der Waals surface area contributed by atoms with E-state index in [1.807, 2.05) is 66.2 Å². The average molecular weight is 463 g/mol. The van der Waals surface area contributed by atoms with E-state index in [-0.39, 0.29) is 16.2 Å². The van der Waals surface area contributed by atoms with Crippen molar-refractivity contribution in [2.24, 2.45) is 7.05 Å². The van der Waals surface area contributed by atoms with Crippen molar-refractivity contribution in [3.8, 4) is 11.3 Å². The van der Waals surface area contributed by atoms with Crippen LogP contribution in [0.5, 0.6) is 0 Å². The summed E-state index contributed by atoms with van der Waals surface area (Å²) in [6.07, 6.45) is 0. The quantitative estimate of drug-likeness (QED) is 0.333. The lowest BCUT2D eigenvalue weighted by Crippen LogP contribution is -2.19. The summed E-state index contributed by atoms with van der Waals surface area (Å²) in [5.41, 5.74) is 3.01. The second-order valence-electron chi connectivity index (χ2n) is 7.40. The fourth-order valence-corrected chi connectivity index (χ4v) is 4.58. The molecule has 4 rings (SSSR count). The molecule has 0 saturated heterocycles. The Balaban J connectivity index is 1.65. The van der Waals surface area contributed by atoms with Gasteiger partial charge in [-0.15, -0.1) is 0 Å². The first-order valence-electron chi connectivity index (χ1n) is 10.2. The highest BCUT2D eigenvalue weighted by atomic mass is 32.2. The van der Waals surface area contributed by atoms with Crippen molar-refractivity contribution in [3.05, 3.63) is 90.0 Å². The van der Waals surface area contributed by atoms with Gasteiger partial charge in [-0.05, 0) is 36.9 Å². The van der Waals surface area contributed by atoms with Crippen molar-refractivity contribution in [1.82, 2.24) is 9.29 Å². The van der Waals surface area contributed by atoms with Crippen LogP contribution >= 0.6 is 0 Å². The number of hydrogen-bond donors (Lipinski definition) is 1. The number of aryl methyl sites for hydroxylation is 1. The van der Waals surface area contributed by atoms with Gasteiger partial charge in [-0.2, -0.15) is 0 Å². The molecule has 0 bridgehead atoms. The van der Waals surface area contributed by atoms with E-state index in [2.05, 4.69) is 4.72 Å². The van der Waals surface area contributed by atoms with E-state index in [1.54, 1.807) is 0 Å². The fraction of sp³-hybridized carbons (Fsp3) is 0.120. The molecule has 1 N–H and O–H groups in total. The van der Waals surface area contributed by atoms with Crippen molar-refractivity contribution in [2.75, 3.05) is 13.7 Å². The van der Waals surface area contributed by atoms with E-state index in [1.165, 1.54) is 31.3 Å². The number of esters is 1. The predicted octanol–water partition coefficient (Wildman–Crippen LogP) is 3.79. The highest BCUT2D eigenvalue weighted by Gasteiger charge is 2.23. The molecule has 1 heterocycles. The van der Waals surface area contributed by atoms with Gasteiger partial charge in [0.2, 0.25) is 15.8 Å². The van der Waals surface area contributed by atoms with Gasteiger partial charge >= 0.3 is 5.97 Å². The first-order valence-corrected chi connectivity index (χ1v) is 11.7. The van der Waals surface area contributed by atoms with Gasteiger partial charge in [-0.25, -0.2) is 17.9 Å². The number of Topliss-reactive ketones (excluding diaryl/α,β-unsaturated/α-hetero) is 1. The summed E-state index contributed by atoms with van der Waals surface area (Å²) in [5, 5.41) is 0.766. The summed E-state index contributed by atoms with van der Waals surface area (Å²) in [6, 6.07) is 22.6. The second-order valence-corrected chi connectivity index (χ2v) is 9.29. The van der Waals surface area contributed by atoms with Gasteiger partial charge in [0.25, 0.3) is 0 Å². The van der Waals surface area contributed by atoms with Crippen LogP contribution in [-0.4, -0.2) is 38.4 Å². The van der Waals surface area contributed by atoms with Crippen LogP contribution in [0.25, 0.3) is 22.2 Å². The Morgan fingerprint density at radius 3 is 2.36 bits per heavy atom. The Bertz CT molecular complexity index is 1460. The van der Waals surface area contributed by atoms with Crippen LogP contribution in [0, 0.1) is 0 Å². The lowest BCUT2D eigenvalue weighted by Gasteiger charge is -2.09. The van der Waals surface area contributed by atoms with Crippen molar-refractivity contribution in [2.45, 2.75) is 4.90 Å². The van der Waals surface area contributed by atoms with Crippen LogP contribution in [0.3, 0.4) is 0 Å². The molecule has 0 unspecified atom stereocenters. The molecule has 0 spiro atoms. The van der Waals surface area contributed by atoms with Crippen LogP contribution < -0.4 is 4.72 Å². The molecule has 1 aromatic heterocycles. The first kappa shape index (κ1) is 22.4. The zero-order valence-corrected chi connectivity index (χ0v) is 18.9. The Morgan fingerprint density at radius 1 is 0.939 bits per heavy atom. The number of aromatic nitrogens is 1. The van der Waals surface area contributed by atoms with Crippen LogP contribution in [0.15, 0.2) is 83.8 Å². The third-order valence-electron chi connectivity index (χ3n) is 5.42. The molecule has 0 atom stereocenters. The van der Waals surface area contributed by atoms with Crippen molar-refractivity contribution in [3.63, 3.8) is 0 Å². The number of ketones is 1. The maximum atomic E-state index is 13.3. The Morgan fingerprint density at radius 2 is 1.64 bits per heavy atom. The van der Waals surface area contributed by atoms with E-state index in [4.69, 9.17) is 4.74 Å². The lowest BCUT2D eigenvalue weighted by molar-refractivity contribution is 0.0475. The number of rotatable bonds is 7. The molecule has 33 heavy (non-hydrogen) atoms. The Labute approximate surface area is 191 Å². The highest BCUT2D eigenvalue weighted by molar-refractivity contribution is 7.89. The SMILES string of the molecule is CNS(=O)(=O)c1cccc(C(=O)OCC(=O)c2c(-c3ccccc3)n(C)c3ccccc23)c1. The molecule has 7 nitrogen and oxygen atoms in total. The number of nitrogens with zero attached hydrogens (tertiary/aromatic N) is 1. The summed E-state index contributed by atoms with van der Waals surface area (Å²) in [5.74, 6) is -1.13. The standard InChI is InChI=1S/C25H22N2O5S/c1-26-33(30,31)19-12-8-11-18(15-19)25(29)32-16-22(28)23-20-13-6-7-14-21(20)27(2)24(23)17-9-4-3-5-10-17/h3-15,26H,16H2,1-2H3. The molecule has 0 amide bonds. The average Bonchev–Trinajstić information content (AvgIpc) is 3.15. The zero-order chi connectivity index (χ0) is 23.6. The molecule has 8 heteroatoms. The molecule has 0 radical (unpaired) electrons. The largest absolute Gasteiger partial charge is 0.454 e. The summed E-state index contributed by atoms with van der Waals surface area (Å²) in [7, 11) is -0.539. The van der Waals surface area contributed by atoms with Gasteiger partial charge in [0.1, 0.15) is 0 Å². The Hall–Kier alpha value is -3.75. The molecular weight excluding hydrogens is 440 g/mol. The molecule has 3 aromatic carbocycles. The molecule has 0 saturated carbocycles. The molecule has 168 valence electrons. The Kier molecular flexibility index (Phi) is 6.13. The van der Waals surface area contributed by atoms with E-state index in [0.29, 0.717) is 5.56 Å². The number of ether oxygens (including phenoxy) is 1. The zero-order valence-electron chi connectivity index (χ0n) is 18.1. The third-order valence-corrected chi connectivity index (χ3v) is 6.83. The molecule has 0 aliphatic heterocycles. The number of hydrogen-bond acceptors (Lipinski definition) is 5. The summed E-state index contributed by atoms with van der Waals surface area (Å²) < 4.78 is 33.4. The molecule has 0 fully saturated rings. The number of carbonyl (C=O) groups excluding carboxylic acids is 2. The molecule has 0 aliphatic carbocycles. The van der Waals surface area contributed by atoms with Crippen molar-refractivity contribution in [1.29, 1.82) is 0 Å². The number of para-hydroxylation sites is 1. The van der Waals surface area contributed by atoms with Gasteiger partial charge in [0.15, 0.2) is 6.61 Å². The number of fused-ring (bicyclic) bond motifs is 1. The number of sulfonamides is 1. The van der Waals surface area contributed by atoms with Crippen LogP contribution in [-0.2, 0) is 21.8 Å². The number of carbonyl (C=O) groups is 2. The monoisotopic (exact) mass is 462 g/mol. The van der Waals surface area contributed by atoms with Crippen LogP contribution in [0.2, 0.25) is 0 Å². The third kappa shape index (κ3) is 4.30. The van der Waals surface area contributed by atoms with Crippen molar-refractivity contribution >= 4 is 32.7 Å². The minimum atomic E-state index is -3.71. The molecule has 4 aromatic rings. The minimum Gasteiger partial charge on any atom is -0.454 e. The van der Waals surface area contributed by atoms with E-state index in [9.17, 15) is 18.0 Å². The van der Waals surface area contributed by atoms with E-state index in [0.717, 1.165) is 22.2 Å². The maximum absolute atomic E-state index is 13.3. The number of benzene rings is 3. The van der Waals surface area contributed by atoms with Crippen LogP contribution in [0.1, 0.15) is 20.7 Å². The number of nitrogens with one attached hydrogen (secondary N) is 1. The fourth-order valence-electron chi connectivity index (χ4n) is 3.80. The topological polar surface area (TPSA) is 94.5 Å². The van der Waals surface area contributed by atoms with Gasteiger partial charge in [-0.3, -0.25) is 4.79 Å². The molecular formula is C25H22N2O5S. The molecule has 0 aliphatic rings. The summed E-state index contributed by atoms with van der Waals surface area (Å²) >= 11 is 0. The first-order chi connectivity index (χ1) is 15.8. The van der Waals surface area contributed by atoms with Gasteiger partial charge in [-0.1, -0.05) is 54.6 Å². The normalized spacial score (nSPS) is 11.5. The van der Waals surface area contributed by atoms with E-state index < -0.39 is 22.6 Å². The van der Waals surface area contributed by atoms with Gasteiger partial charge in [0, 0.05) is 18.0 Å². The highest BCUT2D eigenvalue weighted by Crippen LogP contribution is 2.33. The maximum Gasteiger partial charge on any atom is 0.338 e. The summed E-state index contributed by atoms with van der Waals surface area (Å²) in [4.78, 5) is 25.8. The van der Waals surface area contributed by atoms with Crippen LogP contribution in [0.4, 0.5) is 0 Å². The van der Waals surface area contributed by atoms with Gasteiger partial charge in [0.05, 0.1) is 21.7 Å². The minimum absolute atomic E-state index is 0.0420. The van der Waals surface area contributed by atoms with Gasteiger partial charge < -0.3 is 9.30 Å². The predicted molar refractivity (Wildman–Crippen MR) is 126 cm³/mol. The summed E-state index contributed by atoms with van der Waals surface area (Å²) in [6.45, 7) is -0.477. The van der Waals surface area contributed by atoms with E-state index >= 15 is 0 Å². The smallest absolute Gasteiger partial charge is 0.338 e. The second kappa shape index (κ2) is 9.01.